The van der Waals surface area contributed by atoms with Crippen LogP contribution in [0.2, 0.25) is 0 Å². The SMILES string of the molecule is CNCCN1CCC(c2cc(C)c3c(c2)NC(c2cncn2C)=NC3)CC1. The van der Waals surface area contributed by atoms with Crippen LogP contribution in [-0.4, -0.2) is 53.5 Å². The largest absolute Gasteiger partial charge is 0.338 e. The number of aliphatic imine (C=N–C) groups is 1. The van der Waals surface area contributed by atoms with Crippen LogP contribution in [0.4, 0.5) is 5.69 Å². The fourth-order valence-corrected chi connectivity index (χ4v) is 4.22. The molecule has 27 heavy (non-hydrogen) atoms. The van der Waals surface area contributed by atoms with E-state index in [2.05, 4.69) is 39.6 Å². The van der Waals surface area contributed by atoms with Gasteiger partial charge in [-0.3, -0.25) is 4.99 Å². The number of nitrogens with zero attached hydrogens (tertiary/aromatic N) is 4. The molecule has 6 nitrogen and oxygen atoms in total. The Morgan fingerprint density at radius 1 is 1.26 bits per heavy atom. The number of rotatable bonds is 5. The number of fused-ring (bicyclic) bond motifs is 1. The lowest BCUT2D eigenvalue weighted by Gasteiger charge is -2.33. The van der Waals surface area contributed by atoms with E-state index in [9.17, 15) is 0 Å². The van der Waals surface area contributed by atoms with Crippen molar-refractivity contribution < 1.29 is 0 Å². The third-order valence-corrected chi connectivity index (χ3v) is 5.94. The van der Waals surface area contributed by atoms with E-state index in [0.29, 0.717) is 5.92 Å². The van der Waals surface area contributed by atoms with Gasteiger partial charge in [-0.2, -0.15) is 0 Å². The van der Waals surface area contributed by atoms with Crippen molar-refractivity contribution in [2.75, 3.05) is 38.5 Å². The molecule has 0 amide bonds. The minimum Gasteiger partial charge on any atom is -0.338 e. The summed E-state index contributed by atoms with van der Waals surface area (Å²) in [5.74, 6) is 1.57. The molecule has 2 aliphatic rings. The summed E-state index contributed by atoms with van der Waals surface area (Å²) < 4.78 is 2.01. The van der Waals surface area contributed by atoms with Crippen LogP contribution in [0.1, 0.15) is 41.1 Å². The number of benzene rings is 1. The maximum Gasteiger partial charge on any atom is 0.151 e. The van der Waals surface area contributed by atoms with E-state index in [0.717, 1.165) is 31.2 Å². The van der Waals surface area contributed by atoms with Gasteiger partial charge < -0.3 is 20.1 Å². The van der Waals surface area contributed by atoms with Gasteiger partial charge in [-0.1, -0.05) is 6.07 Å². The Morgan fingerprint density at radius 2 is 2.07 bits per heavy atom. The Hall–Kier alpha value is -2.18. The molecule has 0 aliphatic carbocycles. The van der Waals surface area contributed by atoms with Crippen LogP contribution in [0.25, 0.3) is 0 Å². The third kappa shape index (κ3) is 3.77. The smallest absolute Gasteiger partial charge is 0.151 e. The first-order valence-electron chi connectivity index (χ1n) is 9.94. The van der Waals surface area contributed by atoms with Gasteiger partial charge in [0.2, 0.25) is 0 Å². The molecule has 0 atom stereocenters. The standard InChI is InChI=1S/C21H30N6/c1-15-10-17(16-4-7-27(8-5-16)9-6-22-2)11-19-18(15)12-24-21(25-19)20-13-23-14-26(20)3/h10-11,13-14,16,22H,4-9,12H2,1-3H3,(H,24,25). The molecule has 4 rings (SSSR count). The minimum absolute atomic E-state index is 0.653. The summed E-state index contributed by atoms with van der Waals surface area (Å²) >= 11 is 0. The number of likely N-dealkylation sites (tertiary alicyclic amines) is 1. The van der Waals surface area contributed by atoms with E-state index >= 15 is 0 Å². The number of piperidine rings is 1. The summed E-state index contributed by atoms with van der Waals surface area (Å²) in [6, 6.07) is 4.75. The van der Waals surface area contributed by atoms with Crippen LogP contribution in [0.5, 0.6) is 0 Å². The number of anilines is 1. The van der Waals surface area contributed by atoms with Crippen LogP contribution < -0.4 is 10.6 Å². The highest BCUT2D eigenvalue weighted by Crippen LogP contribution is 2.34. The van der Waals surface area contributed by atoms with Gasteiger partial charge in [0.05, 0.1) is 19.1 Å². The molecule has 1 fully saturated rings. The Bertz CT molecular complexity index is 829. The minimum atomic E-state index is 0.653. The highest BCUT2D eigenvalue weighted by molar-refractivity contribution is 6.08. The molecule has 2 N–H and O–H groups in total. The molecule has 3 heterocycles. The third-order valence-electron chi connectivity index (χ3n) is 5.94. The van der Waals surface area contributed by atoms with E-state index in [1.807, 2.05) is 31.2 Å². The van der Waals surface area contributed by atoms with E-state index in [1.165, 1.54) is 48.3 Å². The number of likely N-dealkylation sites (N-methyl/N-ethyl adjacent to an activating group) is 1. The molecule has 144 valence electrons. The lowest BCUT2D eigenvalue weighted by Crippen LogP contribution is -2.37. The molecule has 0 saturated carbocycles. The predicted octanol–water partition coefficient (Wildman–Crippen LogP) is 2.50. The summed E-state index contributed by atoms with van der Waals surface area (Å²) in [6.45, 7) is 7.56. The van der Waals surface area contributed by atoms with Gasteiger partial charge in [0.1, 0.15) is 5.69 Å². The Kier molecular flexibility index (Phi) is 5.27. The molecule has 0 unspecified atom stereocenters. The summed E-state index contributed by atoms with van der Waals surface area (Å²) in [5.41, 5.74) is 6.38. The van der Waals surface area contributed by atoms with Gasteiger partial charge in [0.15, 0.2) is 5.84 Å². The second-order valence-electron chi connectivity index (χ2n) is 7.76. The van der Waals surface area contributed by atoms with Crippen molar-refractivity contribution in [3.63, 3.8) is 0 Å². The van der Waals surface area contributed by atoms with Crippen LogP contribution in [0, 0.1) is 6.92 Å². The number of amidine groups is 1. The number of nitrogens with one attached hydrogen (secondary N) is 2. The van der Waals surface area contributed by atoms with Crippen molar-refractivity contribution in [1.82, 2.24) is 19.8 Å². The first-order valence-corrected chi connectivity index (χ1v) is 9.94. The van der Waals surface area contributed by atoms with Gasteiger partial charge >= 0.3 is 0 Å². The van der Waals surface area contributed by atoms with Crippen molar-refractivity contribution in [2.24, 2.45) is 12.0 Å². The fourth-order valence-electron chi connectivity index (χ4n) is 4.22. The van der Waals surface area contributed by atoms with E-state index in [4.69, 9.17) is 4.99 Å². The molecule has 6 heteroatoms. The molecule has 2 aliphatic heterocycles. The van der Waals surface area contributed by atoms with Crippen molar-refractivity contribution in [3.05, 3.63) is 47.0 Å². The van der Waals surface area contributed by atoms with Crippen LogP contribution in [-0.2, 0) is 13.6 Å². The fraction of sp³-hybridized carbons (Fsp3) is 0.524. The average Bonchev–Trinajstić information content (AvgIpc) is 3.12. The number of aromatic nitrogens is 2. The molecule has 1 saturated heterocycles. The Balaban J connectivity index is 1.50. The number of aryl methyl sites for hydroxylation is 2. The first kappa shape index (κ1) is 18.2. The van der Waals surface area contributed by atoms with Crippen LogP contribution in [0.3, 0.4) is 0 Å². The summed E-state index contributed by atoms with van der Waals surface area (Å²) in [4.78, 5) is 11.5. The lowest BCUT2D eigenvalue weighted by atomic mass is 9.87. The molecule has 1 aromatic heterocycles. The van der Waals surface area contributed by atoms with E-state index < -0.39 is 0 Å². The first-order chi connectivity index (χ1) is 13.2. The van der Waals surface area contributed by atoms with Crippen molar-refractivity contribution in [1.29, 1.82) is 0 Å². The second kappa shape index (κ2) is 7.82. The zero-order valence-corrected chi connectivity index (χ0v) is 16.6. The van der Waals surface area contributed by atoms with E-state index in [1.54, 1.807) is 0 Å². The zero-order valence-electron chi connectivity index (χ0n) is 16.6. The highest BCUT2D eigenvalue weighted by atomic mass is 15.1. The number of hydrogen-bond acceptors (Lipinski definition) is 5. The van der Waals surface area contributed by atoms with Crippen molar-refractivity contribution >= 4 is 11.5 Å². The molecule has 1 aromatic carbocycles. The van der Waals surface area contributed by atoms with E-state index in [-0.39, 0.29) is 0 Å². The quantitative estimate of drug-likeness (QED) is 0.854. The maximum absolute atomic E-state index is 4.75. The number of imidazole rings is 1. The Morgan fingerprint density at radius 3 is 2.78 bits per heavy atom. The average molecular weight is 367 g/mol. The second-order valence-corrected chi connectivity index (χ2v) is 7.76. The molecule has 0 spiro atoms. The zero-order chi connectivity index (χ0) is 18.8. The van der Waals surface area contributed by atoms with Crippen molar-refractivity contribution in [2.45, 2.75) is 32.2 Å². The van der Waals surface area contributed by atoms with Crippen molar-refractivity contribution in [3.8, 4) is 0 Å². The molecule has 0 radical (unpaired) electrons. The predicted molar refractivity (Wildman–Crippen MR) is 111 cm³/mol. The summed E-state index contributed by atoms with van der Waals surface area (Å²) in [6.07, 6.45) is 6.17. The molecular weight excluding hydrogens is 336 g/mol. The highest BCUT2D eigenvalue weighted by Gasteiger charge is 2.23. The van der Waals surface area contributed by atoms with Gasteiger partial charge in [-0.25, -0.2) is 4.98 Å². The molecular formula is C21H30N6. The monoisotopic (exact) mass is 366 g/mol. The lowest BCUT2D eigenvalue weighted by molar-refractivity contribution is 0.214. The van der Waals surface area contributed by atoms with Crippen LogP contribution >= 0.6 is 0 Å². The van der Waals surface area contributed by atoms with Gasteiger partial charge in [-0.05, 0) is 63.0 Å². The summed E-state index contributed by atoms with van der Waals surface area (Å²) in [7, 11) is 4.03. The van der Waals surface area contributed by atoms with Crippen LogP contribution in [0.15, 0.2) is 29.6 Å². The van der Waals surface area contributed by atoms with Gasteiger partial charge in [0, 0.05) is 31.4 Å². The summed E-state index contributed by atoms with van der Waals surface area (Å²) in [5, 5.41) is 6.82. The van der Waals surface area contributed by atoms with Gasteiger partial charge in [-0.15, -0.1) is 0 Å². The number of hydrogen-bond donors (Lipinski definition) is 2. The topological polar surface area (TPSA) is 57.5 Å². The van der Waals surface area contributed by atoms with Gasteiger partial charge in [0.25, 0.3) is 0 Å². The maximum atomic E-state index is 4.75. The Labute approximate surface area is 161 Å². The normalized spacial score (nSPS) is 18.1. The molecule has 0 bridgehead atoms. The molecule has 2 aromatic rings.